The van der Waals surface area contributed by atoms with Gasteiger partial charge in [-0.25, -0.2) is 4.98 Å². The van der Waals surface area contributed by atoms with Gasteiger partial charge in [0.05, 0.1) is 46.1 Å². The van der Waals surface area contributed by atoms with Crippen LogP contribution in [0.4, 0.5) is 0 Å². The SMILES string of the molecule is CCOCCn1c(C(=O)C2CCN(CCC3(c4ccc(OC)cc4)CCN(C(=O)c4cc(OC)c(OC)c(OC)c4)C3)CC2)nc2ccccc21. The topological polar surface area (TPSA) is 105 Å². The fourth-order valence-electron chi connectivity index (χ4n) is 7.73. The Morgan fingerprint density at radius 3 is 2.22 bits per heavy atom. The molecule has 2 aliphatic heterocycles. The van der Waals surface area contributed by atoms with Crippen LogP contribution in [0.1, 0.15) is 59.1 Å². The minimum absolute atomic E-state index is 0.0717. The van der Waals surface area contributed by atoms with Gasteiger partial charge in [0.2, 0.25) is 11.5 Å². The number of piperidine rings is 1. The largest absolute Gasteiger partial charge is 0.497 e. The van der Waals surface area contributed by atoms with E-state index in [1.165, 1.54) is 5.56 Å². The predicted octanol–water partition coefficient (Wildman–Crippen LogP) is 5.88. The summed E-state index contributed by atoms with van der Waals surface area (Å²) in [4.78, 5) is 37.1. The lowest BCUT2D eigenvalue weighted by Gasteiger charge is -2.36. The number of para-hydroxylation sites is 2. The number of rotatable bonds is 15. The maximum atomic E-state index is 14.0. The fourth-order valence-corrected chi connectivity index (χ4v) is 7.73. The van der Waals surface area contributed by atoms with Crippen molar-refractivity contribution in [2.75, 3.05) is 74.4 Å². The molecule has 0 aliphatic carbocycles. The lowest BCUT2D eigenvalue weighted by Crippen LogP contribution is -2.41. The Kier molecular flexibility index (Phi) is 11.5. The van der Waals surface area contributed by atoms with Crippen molar-refractivity contribution >= 4 is 22.7 Å². The molecule has 0 saturated carbocycles. The second-order valence-electron chi connectivity index (χ2n) is 13.4. The van der Waals surface area contributed by atoms with Gasteiger partial charge in [-0.15, -0.1) is 0 Å². The summed E-state index contributed by atoms with van der Waals surface area (Å²) in [5, 5.41) is 0. The maximum Gasteiger partial charge on any atom is 0.254 e. The summed E-state index contributed by atoms with van der Waals surface area (Å²) >= 11 is 0. The average molecular weight is 699 g/mol. The molecule has 51 heavy (non-hydrogen) atoms. The molecule has 3 aromatic carbocycles. The normalized spacial score (nSPS) is 18.3. The van der Waals surface area contributed by atoms with Gasteiger partial charge < -0.3 is 38.1 Å². The van der Waals surface area contributed by atoms with E-state index in [4.69, 9.17) is 28.7 Å². The summed E-state index contributed by atoms with van der Waals surface area (Å²) in [6.45, 7) is 7.50. The van der Waals surface area contributed by atoms with Crippen LogP contribution in [0.25, 0.3) is 11.0 Å². The molecule has 3 heterocycles. The van der Waals surface area contributed by atoms with Crippen molar-refractivity contribution in [1.29, 1.82) is 0 Å². The summed E-state index contributed by atoms with van der Waals surface area (Å²) < 4.78 is 29.7. The number of likely N-dealkylation sites (tertiary alicyclic amines) is 2. The molecule has 11 nitrogen and oxygen atoms in total. The van der Waals surface area contributed by atoms with Crippen LogP contribution in [-0.2, 0) is 16.7 Å². The summed E-state index contributed by atoms with van der Waals surface area (Å²) in [7, 11) is 6.32. The molecule has 1 amide bonds. The number of imidazole rings is 1. The summed E-state index contributed by atoms with van der Waals surface area (Å²) in [6, 6.07) is 19.6. The van der Waals surface area contributed by atoms with Gasteiger partial charge in [0, 0.05) is 43.1 Å². The molecule has 2 fully saturated rings. The highest BCUT2D eigenvalue weighted by Crippen LogP contribution is 2.42. The van der Waals surface area contributed by atoms with E-state index in [2.05, 4.69) is 17.0 Å². The van der Waals surface area contributed by atoms with E-state index < -0.39 is 0 Å². The number of fused-ring (bicyclic) bond motifs is 1. The zero-order chi connectivity index (χ0) is 36.0. The smallest absolute Gasteiger partial charge is 0.254 e. The highest BCUT2D eigenvalue weighted by atomic mass is 16.5. The second kappa shape index (κ2) is 16.2. The minimum atomic E-state index is -0.235. The van der Waals surface area contributed by atoms with Gasteiger partial charge in [-0.3, -0.25) is 9.59 Å². The molecule has 0 N–H and O–H groups in total. The number of ketones is 1. The number of carbonyl (C=O) groups is 2. The van der Waals surface area contributed by atoms with Crippen LogP contribution in [0.15, 0.2) is 60.7 Å². The Hall–Kier alpha value is -4.61. The van der Waals surface area contributed by atoms with Crippen LogP contribution in [-0.4, -0.2) is 105 Å². The van der Waals surface area contributed by atoms with Crippen LogP contribution in [0.2, 0.25) is 0 Å². The zero-order valence-corrected chi connectivity index (χ0v) is 30.5. The quantitative estimate of drug-likeness (QED) is 0.111. The first-order valence-electron chi connectivity index (χ1n) is 17.9. The highest BCUT2D eigenvalue weighted by Gasteiger charge is 2.42. The monoisotopic (exact) mass is 698 g/mol. The molecule has 4 aromatic rings. The van der Waals surface area contributed by atoms with E-state index in [0.29, 0.717) is 61.5 Å². The maximum absolute atomic E-state index is 14.0. The number of hydrogen-bond donors (Lipinski definition) is 0. The molecule has 2 saturated heterocycles. The van der Waals surface area contributed by atoms with Crippen LogP contribution < -0.4 is 18.9 Å². The summed E-state index contributed by atoms with van der Waals surface area (Å²) in [5.74, 6) is 2.67. The van der Waals surface area contributed by atoms with Crippen molar-refractivity contribution in [3.8, 4) is 23.0 Å². The van der Waals surface area contributed by atoms with Crippen LogP contribution in [0.5, 0.6) is 23.0 Å². The third-order valence-electron chi connectivity index (χ3n) is 10.7. The molecule has 1 aromatic heterocycles. The molecule has 6 rings (SSSR count). The fraction of sp³-hybridized carbons (Fsp3) is 0.475. The summed E-state index contributed by atoms with van der Waals surface area (Å²) in [6.07, 6.45) is 3.29. The number of benzene rings is 3. The summed E-state index contributed by atoms with van der Waals surface area (Å²) in [5.41, 5.74) is 3.26. The molecular weight excluding hydrogens is 648 g/mol. The van der Waals surface area contributed by atoms with Gasteiger partial charge in [0.15, 0.2) is 17.3 Å². The van der Waals surface area contributed by atoms with Gasteiger partial charge in [-0.05, 0) is 94.2 Å². The number of ether oxygens (including phenoxy) is 5. The van der Waals surface area contributed by atoms with E-state index in [0.717, 1.165) is 62.1 Å². The molecule has 1 unspecified atom stereocenters. The number of aromatic nitrogens is 2. The van der Waals surface area contributed by atoms with E-state index >= 15 is 0 Å². The van der Waals surface area contributed by atoms with Gasteiger partial charge in [-0.2, -0.15) is 0 Å². The zero-order valence-electron chi connectivity index (χ0n) is 30.5. The molecule has 0 bridgehead atoms. The van der Waals surface area contributed by atoms with Crippen molar-refractivity contribution < 1.29 is 33.3 Å². The molecule has 2 aliphatic rings. The Labute approximate surface area is 300 Å². The molecular formula is C40H50N4O7. The average Bonchev–Trinajstić information content (AvgIpc) is 3.79. The highest BCUT2D eigenvalue weighted by molar-refractivity contribution is 5.98. The van der Waals surface area contributed by atoms with Crippen molar-refractivity contribution in [3.05, 3.63) is 77.6 Å². The van der Waals surface area contributed by atoms with Crippen LogP contribution in [0.3, 0.4) is 0 Å². The molecule has 272 valence electrons. The minimum Gasteiger partial charge on any atom is -0.497 e. The van der Waals surface area contributed by atoms with Gasteiger partial charge >= 0.3 is 0 Å². The van der Waals surface area contributed by atoms with E-state index in [1.807, 2.05) is 52.8 Å². The lowest BCUT2D eigenvalue weighted by molar-refractivity contribution is 0.0777. The van der Waals surface area contributed by atoms with Crippen molar-refractivity contribution in [2.45, 2.75) is 44.6 Å². The third-order valence-corrected chi connectivity index (χ3v) is 10.7. The lowest BCUT2D eigenvalue weighted by atomic mass is 9.76. The first-order chi connectivity index (χ1) is 24.8. The first-order valence-corrected chi connectivity index (χ1v) is 17.9. The number of hydrogen-bond acceptors (Lipinski definition) is 9. The third kappa shape index (κ3) is 7.55. The molecule has 0 radical (unpaired) electrons. The Bertz CT molecular complexity index is 1790. The number of nitrogens with zero attached hydrogens (tertiary/aromatic N) is 4. The van der Waals surface area contributed by atoms with Crippen molar-refractivity contribution in [1.82, 2.24) is 19.4 Å². The first kappa shape index (κ1) is 36.2. The number of carbonyl (C=O) groups excluding carboxylic acids is 2. The van der Waals surface area contributed by atoms with Gasteiger partial charge in [0.25, 0.3) is 5.91 Å². The van der Waals surface area contributed by atoms with Crippen LogP contribution >= 0.6 is 0 Å². The van der Waals surface area contributed by atoms with E-state index in [-0.39, 0.29) is 23.0 Å². The second-order valence-corrected chi connectivity index (χ2v) is 13.4. The molecule has 1 atom stereocenters. The Morgan fingerprint density at radius 2 is 1.57 bits per heavy atom. The van der Waals surface area contributed by atoms with Crippen molar-refractivity contribution in [2.24, 2.45) is 5.92 Å². The number of amides is 1. The van der Waals surface area contributed by atoms with Gasteiger partial charge in [0.1, 0.15) is 5.75 Å². The standard InChI is InChI=1S/C40H50N4O7/c1-6-51-24-23-44-33-10-8-7-9-32(33)41-38(44)36(45)28-15-19-42(20-16-28)21-17-40(30-11-13-31(47-2)14-12-30)18-22-43(27-40)39(46)29-25-34(48-3)37(50-5)35(26-29)49-4/h7-14,25-26,28H,6,15-24,27H2,1-5H3. The Morgan fingerprint density at radius 1 is 0.863 bits per heavy atom. The Balaban J connectivity index is 1.15. The molecule has 0 spiro atoms. The predicted molar refractivity (Wildman–Crippen MR) is 196 cm³/mol. The van der Waals surface area contributed by atoms with Crippen LogP contribution in [0, 0.1) is 5.92 Å². The van der Waals surface area contributed by atoms with E-state index in [1.54, 1.807) is 40.6 Å². The number of Topliss-reactive ketones (excluding diaryl/α,β-unsaturated/α-hetero) is 1. The van der Waals surface area contributed by atoms with Gasteiger partial charge in [-0.1, -0.05) is 24.3 Å². The molecule has 11 heteroatoms. The van der Waals surface area contributed by atoms with E-state index in [9.17, 15) is 9.59 Å². The van der Waals surface area contributed by atoms with Crippen molar-refractivity contribution in [3.63, 3.8) is 0 Å². The number of methoxy groups -OCH3 is 4.